The van der Waals surface area contributed by atoms with E-state index in [0.717, 1.165) is 22.2 Å². The Bertz CT molecular complexity index is 1590. The SMILES string of the molecule is CC(C)(C)OC(=O)N1CC(COc2cc(NC(=O)c3cccnc3Nc3ccc4cn[nH]c4c3)ccc2C(C)(C)C)C1. The Kier molecular flexibility index (Phi) is 7.81. The van der Waals surface area contributed by atoms with Crippen molar-refractivity contribution < 1.29 is 19.1 Å². The maximum atomic E-state index is 13.4. The molecular formula is C32H38N6O4. The monoisotopic (exact) mass is 570 g/mol. The first kappa shape index (κ1) is 28.9. The van der Waals surface area contributed by atoms with Gasteiger partial charge in [0.25, 0.3) is 5.91 Å². The molecule has 0 atom stereocenters. The summed E-state index contributed by atoms with van der Waals surface area (Å²) >= 11 is 0. The van der Waals surface area contributed by atoms with Gasteiger partial charge in [-0.2, -0.15) is 5.10 Å². The first-order valence-corrected chi connectivity index (χ1v) is 14.1. The normalized spacial score (nSPS) is 13.9. The molecule has 1 fully saturated rings. The zero-order chi connectivity index (χ0) is 30.1. The molecule has 220 valence electrons. The number of hydrogen-bond acceptors (Lipinski definition) is 7. The van der Waals surface area contributed by atoms with Crippen LogP contribution in [0.4, 0.5) is 22.0 Å². The average molecular weight is 571 g/mol. The first-order valence-electron chi connectivity index (χ1n) is 14.1. The van der Waals surface area contributed by atoms with E-state index in [2.05, 4.69) is 46.6 Å². The van der Waals surface area contributed by atoms with E-state index in [1.165, 1.54) is 0 Å². The van der Waals surface area contributed by atoms with Gasteiger partial charge in [-0.3, -0.25) is 9.89 Å². The molecule has 5 rings (SSSR count). The summed E-state index contributed by atoms with van der Waals surface area (Å²) in [4.78, 5) is 31.8. The van der Waals surface area contributed by atoms with Crippen molar-refractivity contribution in [2.75, 3.05) is 30.3 Å². The van der Waals surface area contributed by atoms with Crippen LogP contribution in [-0.4, -0.2) is 57.4 Å². The standard InChI is InChI=1S/C32H38N6O4/c1-31(2,3)25-12-11-23(15-27(25)41-19-20-17-38(18-20)30(40)42-32(4,5)6)36-29(39)24-8-7-13-33-28(24)35-22-10-9-21-16-34-37-26(21)14-22/h7-16,20H,17-19H2,1-6H3,(H,33,35)(H,34,37)(H,36,39). The molecule has 2 aromatic carbocycles. The average Bonchev–Trinajstić information content (AvgIpc) is 3.34. The van der Waals surface area contributed by atoms with Crippen LogP contribution in [-0.2, 0) is 10.2 Å². The van der Waals surface area contributed by atoms with Crippen LogP contribution in [0.3, 0.4) is 0 Å². The number of carbonyl (C=O) groups excluding carboxylic acids is 2. The van der Waals surface area contributed by atoms with Crippen molar-refractivity contribution in [1.29, 1.82) is 0 Å². The number of likely N-dealkylation sites (tertiary alicyclic amines) is 1. The van der Waals surface area contributed by atoms with E-state index >= 15 is 0 Å². The van der Waals surface area contributed by atoms with E-state index in [-0.39, 0.29) is 23.3 Å². The highest BCUT2D eigenvalue weighted by molar-refractivity contribution is 6.08. The van der Waals surface area contributed by atoms with E-state index in [9.17, 15) is 9.59 Å². The predicted molar refractivity (Wildman–Crippen MR) is 164 cm³/mol. The molecule has 0 aliphatic carbocycles. The fraction of sp³-hybridized carbons (Fsp3) is 0.375. The van der Waals surface area contributed by atoms with E-state index in [0.29, 0.717) is 42.5 Å². The third-order valence-electron chi connectivity index (χ3n) is 6.89. The summed E-state index contributed by atoms with van der Waals surface area (Å²) in [6.07, 6.45) is 3.10. The number of ether oxygens (including phenoxy) is 2. The zero-order valence-corrected chi connectivity index (χ0v) is 24.9. The van der Waals surface area contributed by atoms with Crippen LogP contribution >= 0.6 is 0 Å². The van der Waals surface area contributed by atoms with Gasteiger partial charge in [0.1, 0.15) is 17.2 Å². The van der Waals surface area contributed by atoms with Crippen molar-refractivity contribution >= 4 is 40.1 Å². The summed E-state index contributed by atoms with van der Waals surface area (Å²) in [5, 5.41) is 14.3. The molecule has 3 N–H and O–H groups in total. The minimum absolute atomic E-state index is 0.170. The third kappa shape index (κ3) is 6.82. The van der Waals surface area contributed by atoms with Crippen molar-refractivity contribution in [3.05, 3.63) is 72.1 Å². The number of aromatic amines is 1. The summed E-state index contributed by atoms with van der Waals surface area (Å²) in [5.41, 5.74) is 3.02. The summed E-state index contributed by atoms with van der Waals surface area (Å²) in [7, 11) is 0. The second kappa shape index (κ2) is 11.3. The van der Waals surface area contributed by atoms with Crippen molar-refractivity contribution in [2.45, 2.75) is 52.6 Å². The number of H-pyrrole nitrogens is 1. The molecule has 42 heavy (non-hydrogen) atoms. The molecule has 2 aromatic heterocycles. The van der Waals surface area contributed by atoms with Gasteiger partial charge < -0.3 is 25.0 Å². The maximum Gasteiger partial charge on any atom is 0.410 e. The number of pyridine rings is 1. The lowest BCUT2D eigenvalue weighted by atomic mass is 9.86. The Labute approximate surface area is 245 Å². The van der Waals surface area contributed by atoms with Gasteiger partial charge >= 0.3 is 6.09 Å². The maximum absolute atomic E-state index is 13.4. The van der Waals surface area contributed by atoms with Crippen LogP contribution in [0.25, 0.3) is 10.9 Å². The minimum Gasteiger partial charge on any atom is -0.493 e. The van der Waals surface area contributed by atoms with Gasteiger partial charge in [0.05, 0.1) is 23.9 Å². The quantitative estimate of drug-likeness (QED) is 0.232. The Balaban J connectivity index is 1.27. The number of carbonyl (C=O) groups is 2. The molecule has 2 amide bonds. The first-order chi connectivity index (χ1) is 19.9. The van der Waals surface area contributed by atoms with E-state index < -0.39 is 5.60 Å². The van der Waals surface area contributed by atoms with Crippen LogP contribution in [0, 0.1) is 5.92 Å². The second-order valence-corrected chi connectivity index (χ2v) is 12.7. The number of benzene rings is 2. The topological polar surface area (TPSA) is 121 Å². The van der Waals surface area contributed by atoms with Gasteiger partial charge in [-0.05, 0) is 68.1 Å². The Morgan fingerprint density at radius 3 is 2.52 bits per heavy atom. The second-order valence-electron chi connectivity index (χ2n) is 12.7. The number of fused-ring (bicyclic) bond motifs is 1. The van der Waals surface area contributed by atoms with Crippen molar-refractivity contribution in [3.8, 4) is 5.75 Å². The van der Waals surface area contributed by atoms with Gasteiger partial charge in [-0.25, -0.2) is 9.78 Å². The zero-order valence-electron chi connectivity index (χ0n) is 24.9. The number of amides is 2. The van der Waals surface area contributed by atoms with E-state index in [1.807, 2.05) is 57.2 Å². The minimum atomic E-state index is -0.522. The molecule has 1 aliphatic rings. The molecule has 0 spiro atoms. The number of aromatic nitrogens is 3. The van der Waals surface area contributed by atoms with Crippen LogP contribution in [0.15, 0.2) is 60.9 Å². The van der Waals surface area contributed by atoms with Crippen molar-refractivity contribution in [2.24, 2.45) is 5.92 Å². The lowest BCUT2D eigenvalue weighted by molar-refractivity contribution is -0.00790. The Morgan fingerprint density at radius 1 is 1.02 bits per heavy atom. The molecule has 10 heteroatoms. The molecule has 4 aromatic rings. The van der Waals surface area contributed by atoms with Gasteiger partial charge in [-0.1, -0.05) is 26.8 Å². The number of nitrogens with zero attached hydrogens (tertiary/aromatic N) is 3. The van der Waals surface area contributed by atoms with Crippen molar-refractivity contribution in [1.82, 2.24) is 20.1 Å². The van der Waals surface area contributed by atoms with Gasteiger partial charge in [0, 0.05) is 48.0 Å². The number of hydrogen-bond donors (Lipinski definition) is 3. The highest BCUT2D eigenvalue weighted by Gasteiger charge is 2.34. The summed E-state index contributed by atoms with van der Waals surface area (Å²) < 4.78 is 11.7. The molecule has 0 saturated carbocycles. The molecule has 0 bridgehead atoms. The lowest BCUT2D eigenvalue weighted by Gasteiger charge is -2.39. The number of anilines is 3. The number of rotatable bonds is 7. The third-order valence-corrected chi connectivity index (χ3v) is 6.89. The fourth-order valence-corrected chi connectivity index (χ4v) is 4.74. The van der Waals surface area contributed by atoms with Gasteiger partial charge in [-0.15, -0.1) is 0 Å². The highest BCUT2D eigenvalue weighted by atomic mass is 16.6. The fourth-order valence-electron chi connectivity index (χ4n) is 4.74. The van der Waals surface area contributed by atoms with Gasteiger partial charge in [0.2, 0.25) is 0 Å². The predicted octanol–water partition coefficient (Wildman–Crippen LogP) is 6.50. The Hall–Kier alpha value is -4.60. The highest BCUT2D eigenvalue weighted by Crippen LogP contribution is 2.35. The summed E-state index contributed by atoms with van der Waals surface area (Å²) in [6, 6.07) is 15.0. The summed E-state index contributed by atoms with van der Waals surface area (Å²) in [6.45, 7) is 13.6. The smallest absolute Gasteiger partial charge is 0.410 e. The molecule has 3 heterocycles. The molecule has 1 aliphatic heterocycles. The van der Waals surface area contributed by atoms with Crippen molar-refractivity contribution in [3.63, 3.8) is 0 Å². The van der Waals surface area contributed by atoms with Crippen LogP contribution in [0.1, 0.15) is 57.5 Å². The van der Waals surface area contributed by atoms with Crippen LogP contribution in [0.5, 0.6) is 5.75 Å². The summed E-state index contributed by atoms with van der Waals surface area (Å²) in [5.74, 6) is 1.05. The van der Waals surface area contributed by atoms with Crippen LogP contribution < -0.4 is 15.4 Å². The molecule has 10 nitrogen and oxygen atoms in total. The Morgan fingerprint density at radius 2 is 1.79 bits per heavy atom. The molecule has 0 unspecified atom stereocenters. The van der Waals surface area contributed by atoms with Crippen LogP contribution in [0.2, 0.25) is 0 Å². The van der Waals surface area contributed by atoms with E-state index in [4.69, 9.17) is 9.47 Å². The largest absolute Gasteiger partial charge is 0.493 e. The van der Waals surface area contributed by atoms with E-state index in [1.54, 1.807) is 29.4 Å². The molecular weight excluding hydrogens is 532 g/mol. The van der Waals surface area contributed by atoms with Gasteiger partial charge in [0.15, 0.2) is 0 Å². The number of nitrogens with one attached hydrogen (secondary N) is 3. The molecule has 0 radical (unpaired) electrons. The molecule has 1 saturated heterocycles. The lowest BCUT2D eigenvalue weighted by Crippen LogP contribution is -2.53.